The minimum Gasteiger partial charge on any atom is -0.351 e. The average molecular weight is 276 g/mol. The van der Waals surface area contributed by atoms with Gasteiger partial charge in [-0.1, -0.05) is 30.3 Å². The van der Waals surface area contributed by atoms with E-state index in [1.807, 2.05) is 48.5 Å². The number of hydrogen-bond donors (Lipinski definition) is 3. The van der Waals surface area contributed by atoms with Crippen LogP contribution < -0.4 is 5.32 Å². The molecule has 0 fully saturated rings. The van der Waals surface area contributed by atoms with Crippen molar-refractivity contribution in [2.24, 2.45) is 0 Å². The zero-order valence-corrected chi connectivity index (χ0v) is 11.1. The maximum Gasteiger partial charge on any atom is 0.272 e. The first-order valence-electron chi connectivity index (χ1n) is 6.62. The quantitative estimate of drug-likeness (QED) is 0.525. The number of amides is 1. The summed E-state index contributed by atoms with van der Waals surface area (Å²) in [5.74, 6) is -0.173. The van der Waals surface area contributed by atoms with Crippen LogP contribution in [0.4, 0.5) is 5.69 Å². The highest BCUT2D eigenvalue weighted by atomic mass is 16.1. The predicted molar refractivity (Wildman–Crippen MR) is 82.3 cm³/mol. The Morgan fingerprint density at radius 2 is 1.90 bits per heavy atom. The Balaban J connectivity index is 1.70. The standard InChI is InChI=1S/C16H12N4O/c21-16(14-8-10-4-1-2-6-12(10)18-14)19-13-7-3-5-11-9-17-20-15(11)13/h1-9,18H,(H,17,20)(H,19,21). The number of rotatable bonds is 2. The van der Waals surface area contributed by atoms with Gasteiger partial charge in [0.1, 0.15) is 5.69 Å². The summed E-state index contributed by atoms with van der Waals surface area (Å²) in [4.78, 5) is 15.5. The molecule has 0 radical (unpaired) electrons. The fourth-order valence-electron chi connectivity index (χ4n) is 2.46. The fourth-order valence-corrected chi connectivity index (χ4v) is 2.46. The zero-order chi connectivity index (χ0) is 14.2. The smallest absolute Gasteiger partial charge is 0.272 e. The Kier molecular flexibility index (Phi) is 2.50. The van der Waals surface area contributed by atoms with Crippen molar-refractivity contribution in [1.29, 1.82) is 0 Å². The van der Waals surface area contributed by atoms with Crippen LogP contribution in [0.5, 0.6) is 0 Å². The van der Waals surface area contributed by atoms with Crippen molar-refractivity contribution in [3.05, 3.63) is 60.4 Å². The molecule has 5 heteroatoms. The molecule has 102 valence electrons. The molecular weight excluding hydrogens is 264 g/mol. The van der Waals surface area contributed by atoms with Crippen LogP contribution in [0.3, 0.4) is 0 Å². The maximum atomic E-state index is 12.4. The predicted octanol–water partition coefficient (Wildman–Crippen LogP) is 3.30. The number of hydrogen-bond acceptors (Lipinski definition) is 2. The highest BCUT2D eigenvalue weighted by molar-refractivity contribution is 6.09. The number of carbonyl (C=O) groups excluding carboxylic acids is 1. The van der Waals surface area contributed by atoms with Crippen LogP contribution in [0.2, 0.25) is 0 Å². The third-order valence-electron chi connectivity index (χ3n) is 3.50. The number of aromatic nitrogens is 3. The summed E-state index contributed by atoms with van der Waals surface area (Å²) in [7, 11) is 0. The van der Waals surface area contributed by atoms with Crippen molar-refractivity contribution >= 4 is 33.4 Å². The van der Waals surface area contributed by atoms with Gasteiger partial charge in [-0.15, -0.1) is 0 Å². The molecule has 0 aliphatic rings. The van der Waals surface area contributed by atoms with Crippen molar-refractivity contribution in [2.45, 2.75) is 0 Å². The Morgan fingerprint density at radius 1 is 1.05 bits per heavy atom. The Bertz CT molecular complexity index is 918. The lowest BCUT2D eigenvalue weighted by atomic mass is 10.2. The van der Waals surface area contributed by atoms with E-state index in [1.54, 1.807) is 6.20 Å². The molecule has 4 rings (SSSR count). The number of aromatic amines is 2. The van der Waals surface area contributed by atoms with Gasteiger partial charge in [-0.3, -0.25) is 9.89 Å². The largest absolute Gasteiger partial charge is 0.351 e. The highest BCUT2D eigenvalue weighted by Crippen LogP contribution is 2.22. The normalized spacial score (nSPS) is 11.0. The topological polar surface area (TPSA) is 73.6 Å². The second kappa shape index (κ2) is 4.49. The monoisotopic (exact) mass is 276 g/mol. The second-order valence-corrected chi connectivity index (χ2v) is 4.86. The molecule has 2 aromatic heterocycles. The first-order chi connectivity index (χ1) is 10.3. The van der Waals surface area contributed by atoms with Crippen molar-refractivity contribution in [1.82, 2.24) is 15.2 Å². The lowest BCUT2D eigenvalue weighted by Gasteiger charge is -2.04. The number of carbonyl (C=O) groups is 1. The third kappa shape index (κ3) is 1.95. The van der Waals surface area contributed by atoms with Crippen LogP contribution in [-0.4, -0.2) is 21.1 Å². The minimum atomic E-state index is -0.173. The SMILES string of the molecule is O=C(Nc1cccc2cn[nH]c12)c1cc2ccccc2[nH]1. The van der Waals surface area contributed by atoms with Crippen LogP contribution in [0.1, 0.15) is 10.5 Å². The van der Waals surface area contributed by atoms with E-state index in [4.69, 9.17) is 0 Å². The molecule has 21 heavy (non-hydrogen) atoms. The van der Waals surface area contributed by atoms with Crippen LogP contribution in [0.25, 0.3) is 21.8 Å². The van der Waals surface area contributed by atoms with Gasteiger partial charge in [0.15, 0.2) is 0 Å². The van der Waals surface area contributed by atoms with E-state index in [0.717, 1.165) is 21.8 Å². The molecule has 3 N–H and O–H groups in total. The van der Waals surface area contributed by atoms with Crippen molar-refractivity contribution in [3.63, 3.8) is 0 Å². The van der Waals surface area contributed by atoms with Gasteiger partial charge in [-0.2, -0.15) is 5.10 Å². The molecule has 0 unspecified atom stereocenters. The molecule has 2 aromatic carbocycles. The first kappa shape index (κ1) is 11.7. The van der Waals surface area contributed by atoms with Gasteiger partial charge in [-0.05, 0) is 18.2 Å². The number of anilines is 1. The molecule has 0 saturated heterocycles. The third-order valence-corrected chi connectivity index (χ3v) is 3.50. The Labute approximate surface area is 120 Å². The van der Waals surface area contributed by atoms with Crippen LogP contribution in [0.15, 0.2) is 54.7 Å². The summed E-state index contributed by atoms with van der Waals surface area (Å²) in [6.07, 6.45) is 1.73. The summed E-state index contributed by atoms with van der Waals surface area (Å²) in [5.41, 5.74) is 3.02. The van der Waals surface area contributed by atoms with Crippen LogP contribution in [-0.2, 0) is 0 Å². The Hall–Kier alpha value is -3.08. The second-order valence-electron chi connectivity index (χ2n) is 4.86. The van der Waals surface area contributed by atoms with E-state index in [2.05, 4.69) is 20.5 Å². The number of para-hydroxylation sites is 2. The van der Waals surface area contributed by atoms with Crippen molar-refractivity contribution < 1.29 is 4.79 Å². The van der Waals surface area contributed by atoms with Gasteiger partial charge in [-0.25, -0.2) is 0 Å². The van der Waals surface area contributed by atoms with Gasteiger partial charge in [0, 0.05) is 16.3 Å². The molecule has 0 aliphatic carbocycles. The van der Waals surface area contributed by atoms with Crippen molar-refractivity contribution in [3.8, 4) is 0 Å². The highest BCUT2D eigenvalue weighted by Gasteiger charge is 2.11. The summed E-state index contributed by atoms with van der Waals surface area (Å²) in [6, 6.07) is 15.3. The van der Waals surface area contributed by atoms with Gasteiger partial charge in [0.2, 0.25) is 0 Å². The summed E-state index contributed by atoms with van der Waals surface area (Å²) < 4.78 is 0. The van der Waals surface area contributed by atoms with Gasteiger partial charge in [0.05, 0.1) is 17.4 Å². The van der Waals surface area contributed by atoms with Crippen LogP contribution >= 0.6 is 0 Å². The molecular formula is C16H12N4O. The van der Waals surface area contributed by atoms with Crippen molar-refractivity contribution in [2.75, 3.05) is 5.32 Å². The molecule has 0 atom stereocenters. The number of fused-ring (bicyclic) bond motifs is 2. The van der Waals surface area contributed by atoms with Crippen LogP contribution in [0, 0.1) is 0 Å². The zero-order valence-electron chi connectivity index (χ0n) is 11.1. The lowest BCUT2D eigenvalue weighted by molar-refractivity contribution is 0.102. The molecule has 0 bridgehead atoms. The molecule has 5 nitrogen and oxygen atoms in total. The minimum absolute atomic E-state index is 0.173. The molecule has 1 amide bonds. The number of nitrogens with zero attached hydrogens (tertiary/aromatic N) is 1. The van der Waals surface area contributed by atoms with E-state index in [-0.39, 0.29) is 5.91 Å². The van der Waals surface area contributed by atoms with Gasteiger partial charge >= 0.3 is 0 Å². The maximum absolute atomic E-state index is 12.4. The van der Waals surface area contributed by atoms with E-state index >= 15 is 0 Å². The van der Waals surface area contributed by atoms with E-state index in [0.29, 0.717) is 11.4 Å². The number of H-pyrrole nitrogens is 2. The average Bonchev–Trinajstić information content (AvgIpc) is 3.14. The summed E-state index contributed by atoms with van der Waals surface area (Å²) in [5, 5.41) is 11.8. The molecule has 0 spiro atoms. The Morgan fingerprint density at radius 3 is 2.81 bits per heavy atom. The van der Waals surface area contributed by atoms with E-state index in [1.165, 1.54) is 0 Å². The lowest BCUT2D eigenvalue weighted by Crippen LogP contribution is -2.12. The van der Waals surface area contributed by atoms with E-state index < -0.39 is 0 Å². The fraction of sp³-hybridized carbons (Fsp3) is 0. The molecule has 4 aromatic rings. The summed E-state index contributed by atoms with van der Waals surface area (Å²) >= 11 is 0. The number of benzene rings is 2. The molecule has 0 saturated carbocycles. The first-order valence-corrected chi connectivity index (χ1v) is 6.62. The van der Waals surface area contributed by atoms with E-state index in [9.17, 15) is 4.79 Å². The number of nitrogens with one attached hydrogen (secondary N) is 3. The van der Waals surface area contributed by atoms with Gasteiger partial charge in [0.25, 0.3) is 5.91 Å². The molecule has 0 aliphatic heterocycles. The summed E-state index contributed by atoms with van der Waals surface area (Å²) in [6.45, 7) is 0. The molecule has 2 heterocycles. The van der Waals surface area contributed by atoms with Gasteiger partial charge < -0.3 is 10.3 Å².